The molecule has 4 aromatic rings. The van der Waals surface area contributed by atoms with Gasteiger partial charge >= 0.3 is 0 Å². The highest BCUT2D eigenvalue weighted by Gasteiger charge is 2.11. The molecule has 0 unspecified atom stereocenters. The first-order valence-electron chi connectivity index (χ1n) is 8.02. The van der Waals surface area contributed by atoms with Crippen LogP contribution in [-0.4, -0.2) is 47.8 Å². The number of H-pyrrole nitrogens is 1. The molecule has 0 aliphatic heterocycles. The van der Waals surface area contributed by atoms with Gasteiger partial charge in [0.1, 0.15) is 0 Å². The first-order valence-corrected chi connectivity index (χ1v) is 8.02. The van der Waals surface area contributed by atoms with Crippen LogP contribution in [0, 0.1) is 0 Å². The molecule has 0 atom stereocenters. The maximum atomic E-state index is 5.72. The summed E-state index contributed by atoms with van der Waals surface area (Å²) in [6.45, 7) is 1.26. The van der Waals surface area contributed by atoms with E-state index in [4.69, 9.17) is 4.42 Å². The number of nitrogens with one attached hydrogen (secondary N) is 1. The fourth-order valence-corrected chi connectivity index (χ4v) is 2.61. The summed E-state index contributed by atoms with van der Waals surface area (Å²) >= 11 is 0. The minimum absolute atomic E-state index is 0.473. The molecule has 3 aromatic heterocycles. The van der Waals surface area contributed by atoms with E-state index in [1.165, 1.54) is 0 Å². The lowest BCUT2D eigenvalue weighted by Gasteiger charge is -2.14. The number of aromatic amines is 1. The number of tetrazole rings is 1. The topological polar surface area (TPSA) is 110 Å². The Bertz CT molecular complexity index is 967. The SMILES string of the molecule is CN(Cc1cccc(-c2nn[nH]n2)c1)Cc1nnc(-c2cccnc2)o1. The summed E-state index contributed by atoms with van der Waals surface area (Å²) in [6, 6.07) is 11.7. The highest BCUT2D eigenvalue weighted by atomic mass is 16.4. The minimum atomic E-state index is 0.473. The zero-order valence-electron chi connectivity index (χ0n) is 14.1. The van der Waals surface area contributed by atoms with E-state index in [1.54, 1.807) is 12.4 Å². The van der Waals surface area contributed by atoms with Crippen molar-refractivity contribution in [3.8, 4) is 22.8 Å². The predicted octanol–water partition coefficient (Wildman–Crippen LogP) is 1.94. The molecule has 130 valence electrons. The Kier molecular flexibility index (Phi) is 4.44. The van der Waals surface area contributed by atoms with Gasteiger partial charge in [0.05, 0.1) is 12.1 Å². The average molecular weight is 348 g/mol. The van der Waals surface area contributed by atoms with Gasteiger partial charge in [0.2, 0.25) is 17.6 Å². The number of rotatable bonds is 6. The van der Waals surface area contributed by atoms with Crippen molar-refractivity contribution in [3.63, 3.8) is 0 Å². The number of benzene rings is 1. The molecule has 0 aliphatic rings. The standard InChI is InChI=1S/C17H16N8O/c1-25(10-12-4-2-5-13(8-12)16-20-23-24-21-16)11-15-19-22-17(26-15)14-6-3-7-18-9-14/h2-9H,10-11H2,1H3,(H,20,21,23,24). The van der Waals surface area contributed by atoms with Crippen LogP contribution in [0.5, 0.6) is 0 Å². The molecule has 0 spiro atoms. The highest BCUT2D eigenvalue weighted by molar-refractivity contribution is 5.54. The Balaban J connectivity index is 1.42. The van der Waals surface area contributed by atoms with Crippen molar-refractivity contribution >= 4 is 0 Å². The number of hydrogen-bond acceptors (Lipinski definition) is 8. The quantitative estimate of drug-likeness (QED) is 0.563. The molecule has 1 N–H and O–H groups in total. The summed E-state index contributed by atoms with van der Waals surface area (Å²) in [7, 11) is 2.00. The van der Waals surface area contributed by atoms with E-state index in [-0.39, 0.29) is 0 Å². The maximum absolute atomic E-state index is 5.72. The van der Waals surface area contributed by atoms with Crippen molar-refractivity contribution in [3.05, 3.63) is 60.2 Å². The van der Waals surface area contributed by atoms with Crippen molar-refractivity contribution in [2.45, 2.75) is 13.1 Å². The summed E-state index contributed by atoms with van der Waals surface area (Å²) in [5.41, 5.74) is 2.85. The van der Waals surface area contributed by atoms with Crippen molar-refractivity contribution in [2.24, 2.45) is 0 Å². The van der Waals surface area contributed by atoms with Crippen molar-refractivity contribution < 1.29 is 4.42 Å². The summed E-state index contributed by atoms with van der Waals surface area (Å²) in [5, 5.41) is 22.3. The average Bonchev–Trinajstić information content (AvgIpc) is 3.35. The van der Waals surface area contributed by atoms with Gasteiger partial charge in [-0.05, 0) is 36.0 Å². The van der Waals surface area contributed by atoms with E-state index in [2.05, 4.69) is 46.8 Å². The Hall–Kier alpha value is -3.46. The van der Waals surface area contributed by atoms with Crippen LogP contribution >= 0.6 is 0 Å². The number of pyridine rings is 1. The normalized spacial score (nSPS) is 11.2. The lowest BCUT2D eigenvalue weighted by molar-refractivity contribution is 0.283. The second kappa shape index (κ2) is 7.19. The molecule has 0 saturated heterocycles. The molecular weight excluding hydrogens is 332 g/mol. The molecule has 0 saturated carbocycles. The Morgan fingerprint density at radius 3 is 2.77 bits per heavy atom. The molecule has 9 nitrogen and oxygen atoms in total. The molecule has 4 rings (SSSR count). The van der Waals surface area contributed by atoms with Gasteiger partial charge < -0.3 is 4.42 Å². The van der Waals surface area contributed by atoms with E-state index in [0.717, 1.165) is 23.2 Å². The maximum Gasteiger partial charge on any atom is 0.249 e. The van der Waals surface area contributed by atoms with Gasteiger partial charge in [0.25, 0.3) is 0 Å². The molecule has 0 bridgehead atoms. The second-order valence-electron chi connectivity index (χ2n) is 5.85. The van der Waals surface area contributed by atoms with Gasteiger partial charge in [-0.15, -0.1) is 20.4 Å². The van der Waals surface area contributed by atoms with Gasteiger partial charge in [-0.3, -0.25) is 9.88 Å². The van der Waals surface area contributed by atoms with Gasteiger partial charge in [-0.25, -0.2) is 0 Å². The van der Waals surface area contributed by atoms with E-state index < -0.39 is 0 Å². The third-order valence-corrected chi connectivity index (χ3v) is 3.76. The number of nitrogens with zero attached hydrogens (tertiary/aromatic N) is 7. The smallest absolute Gasteiger partial charge is 0.249 e. The largest absolute Gasteiger partial charge is 0.419 e. The van der Waals surface area contributed by atoms with E-state index in [0.29, 0.717) is 24.2 Å². The van der Waals surface area contributed by atoms with E-state index in [9.17, 15) is 0 Å². The van der Waals surface area contributed by atoms with Crippen molar-refractivity contribution in [2.75, 3.05) is 7.05 Å². The van der Waals surface area contributed by atoms with Crippen LogP contribution in [0.2, 0.25) is 0 Å². The molecule has 0 fully saturated rings. The van der Waals surface area contributed by atoms with Crippen LogP contribution in [0.4, 0.5) is 0 Å². The number of aromatic nitrogens is 7. The fourth-order valence-electron chi connectivity index (χ4n) is 2.61. The summed E-state index contributed by atoms with van der Waals surface area (Å²) in [5.74, 6) is 1.61. The minimum Gasteiger partial charge on any atom is -0.419 e. The van der Waals surface area contributed by atoms with Crippen molar-refractivity contribution in [1.29, 1.82) is 0 Å². The summed E-state index contributed by atoms with van der Waals surface area (Å²) in [6.07, 6.45) is 3.40. The van der Waals surface area contributed by atoms with Crippen molar-refractivity contribution in [1.82, 2.24) is 40.7 Å². The molecule has 0 radical (unpaired) electrons. The van der Waals surface area contributed by atoms with Gasteiger partial charge in [-0.1, -0.05) is 18.2 Å². The lowest BCUT2D eigenvalue weighted by Crippen LogP contribution is -2.17. The Morgan fingerprint density at radius 1 is 1.04 bits per heavy atom. The monoisotopic (exact) mass is 348 g/mol. The van der Waals surface area contributed by atoms with Gasteiger partial charge in [-0.2, -0.15) is 5.21 Å². The molecule has 9 heteroatoms. The molecule has 26 heavy (non-hydrogen) atoms. The highest BCUT2D eigenvalue weighted by Crippen LogP contribution is 2.18. The third kappa shape index (κ3) is 3.62. The summed E-state index contributed by atoms with van der Waals surface area (Å²) < 4.78 is 5.72. The fraction of sp³-hybridized carbons (Fsp3) is 0.176. The lowest BCUT2D eigenvalue weighted by atomic mass is 10.1. The van der Waals surface area contributed by atoms with E-state index in [1.807, 2.05) is 37.4 Å². The zero-order valence-corrected chi connectivity index (χ0v) is 14.1. The first-order chi connectivity index (χ1) is 12.8. The van der Waals surface area contributed by atoms with E-state index >= 15 is 0 Å². The Labute approximate surface area is 149 Å². The molecular formula is C17H16N8O. The van der Waals surface area contributed by atoms with Crippen LogP contribution in [0.15, 0.2) is 53.2 Å². The van der Waals surface area contributed by atoms with Crippen LogP contribution < -0.4 is 0 Å². The molecule has 3 heterocycles. The first kappa shape index (κ1) is 16.0. The zero-order chi connectivity index (χ0) is 17.8. The van der Waals surface area contributed by atoms with Gasteiger partial charge in [0, 0.05) is 24.5 Å². The number of hydrogen-bond donors (Lipinski definition) is 1. The van der Waals surface area contributed by atoms with Crippen LogP contribution in [0.25, 0.3) is 22.8 Å². The predicted molar refractivity (Wildman–Crippen MR) is 92.3 cm³/mol. The molecule has 0 aliphatic carbocycles. The summed E-state index contributed by atoms with van der Waals surface area (Å²) in [4.78, 5) is 6.15. The van der Waals surface area contributed by atoms with Crippen LogP contribution in [-0.2, 0) is 13.1 Å². The van der Waals surface area contributed by atoms with Gasteiger partial charge in [0.15, 0.2) is 0 Å². The molecule has 0 amide bonds. The Morgan fingerprint density at radius 2 is 1.96 bits per heavy atom. The second-order valence-corrected chi connectivity index (χ2v) is 5.85. The third-order valence-electron chi connectivity index (χ3n) is 3.76. The van der Waals surface area contributed by atoms with Crippen LogP contribution in [0.3, 0.4) is 0 Å². The molecule has 1 aromatic carbocycles. The van der Waals surface area contributed by atoms with Crippen LogP contribution in [0.1, 0.15) is 11.5 Å².